The summed E-state index contributed by atoms with van der Waals surface area (Å²) in [5.74, 6) is 0.670. The van der Waals surface area contributed by atoms with Crippen LogP contribution in [0.2, 0.25) is 0 Å². The van der Waals surface area contributed by atoms with Crippen LogP contribution in [0, 0.1) is 13.8 Å². The van der Waals surface area contributed by atoms with Gasteiger partial charge in [0, 0.05) is 43.3 Å². The number of hydrogen-bond acceptors (Lipinski definition) is 5. The van der Waals surface area contributed by atoms with Crippen molar-refractivity contribution in [1.29, 1.82) is 0 Å². The molecule has 0 unspecified atom stereocenters. The number of nitrogens with one attached hydrogen (secondary N) is 1. The summed E-state index contributed by atoms with van der Waals surface area (Å²) in [6, 6.07) is 18.3. The van der Waals surface area contributed by atoms with E-state index in [2.05, 4.69) is 58.3 Å². The van der Waals surface area contributed by atoms with Crippen LogP contribution in [0.1, 0.15) is 39.9 Å². The summed E-state index contributed by atoms with van der Waals surface area (Å²) in [5.41, 5.74) is 5.83. The molecule has 1 aliphatic rings. The Bertz CT molecular complexity index is 1290. The Hall–Kier alpha value is -4.00. The number of aromatic nitrogens is 4. The Balaban J connectivity index is 1.35. The predicted molar refractivity (Wildman–Crippen MR) is 137 cm³/mol. The molecule has 1 fully saturated rings. The lowest BCUT2D eigenvalue weighted by Crippen LogP contribution is -2.45. The van der Waals surface area contributed by atoms with Gasteiger partial charge < -0.3 is 10.2 Å². The number of piperidine rings is 1. The van der Waals surface area contributed by atoms with Gasteiger partial charge in [0.15, 0.2) is 0 Å². The number of amides is 1. The number of nitrogens with zero attached hydrogens (tertiary/aromatic N) is 5. The minimum Gasteiger partial charge on any atom is -0.349 e. The molecule has 0 aliphatic carbocycles. The Morgan fingerprint density at radius 3 is 2.43 bits per heavy atom. The fraction of sp³-hybridized carbons (Fsp3) is 0.286. The first-order valence-corrected chi connectivity index (χ1v) is 12.1. The van der Waals surface area contributed by atoms with Crippen molar-refractivity contribution in [3.05, 3.63) is 95.4 Å². The second-order valence-corrected chi connectivity index (χ2v) is 9.16. The van der Waals surface area contributed by atoms with Crippen molar-refractivity contribution in [2.24, 2.45) is 0 Å². The van der Waals surface area contributed by atoms with Crippen LogP contribution in [0.15, 0.2) is 73.2 Å². The van der Waals surface area contributed by atoms with E-state index in [1.165, 1.54) is 11.1 Å². The van der Waals surface area contributed by atoms with Gasteiger partial charge in [0.1, 0.15) is 5.69 Å². The molecular formula is C28H30N6O. The lowest BCUT2D eigenvalue weighted by molar-refractivity contribution is 0.0931. The zero-order valence-electron chi connectivity index (χ0n) is 20.2. The molecule has 2 aromatic carbocycles. The van der Waals surface area contributed by atoms with E-state index in [0.29, 0.717) is 12.1 Å². The third kappa shape index (κ3) is 5.24. The monoisotopic (exact) mass is 466 g/mol. The van der Waals surface area contributed by atoms with E-state index in [1.807, 2.05) is 41.2 Å². The summed E-state index contributed by atoms with van der Waals surface area (Å²) in [6.07, 6.45) is 7.09. The molecule has 5 rings (SSSR count). The van der Waals surface area contributed by atoms with Crippen molar-refractivity contribution >= 4 is 11.9 Å². The third-order valence-electron chi connectivity index (χ3n) is 6.64. The molecule has 178 valence electrons. The van der Waals surface area contributed by atoms with Gasteiger partial charge in [0.05, 0.1) is 12.1 Å². The zero-order valence-corrected chi connectivity index (χ0v) is 20.2. The van der Waals surface area contributed by atoms with Gasteiger partial charge in [-0.15, -0.1) is 0 Å². The number of benzene rings is 2. The van der Waals surface area contributed by atoms with Crippen molar-refractivity contribution in [2.75, 3.05) is 18.0 Å². The van der Waals surface area contributed by atoms with Gasteiger partial charge in [-0.3, -0.25) is 9.48 Å². The van der Waals surface area contributed by atoms with Gasteiger partial charge in [-0.2, -0.15) is 5.10 Å². The standard InChI is InChI=1S/C28H30N6O/c1-20-9-10-23(17-21(20)2)26-25(19-34(32-26)18-22-7-4-3-5-8-22)27(35)31-24-11-15-33(16-12-24)28-29-13-6-14-30-28/h3-10,13-14,17,19,24H,11-12,15-16,18H2,1-2H3,(H,31,35). The van der Waals surface area contributed by atoms with E-state index in [1.54, 1.807) is 12.4 Å². The van der Waals surface area contributed by atoms with E-state index in [9.17, 15) is 4.79 Å². The number of carbonyl (C=O) groups excluding carboxylic acids is 1. The molecule has 1 amide bonds. The van der Waals surface area contributed by atoms with Crippen molar-refractivity contribution in [3.8, 4) is 11.3 Å². The number of carbonyl (C=O) groups is 1. The summed E-state index contributed by atoms with van der Waals surface area (Å²) in [4.78, 5) is 24.3. The molecule has 4 aromatic rings. The minimum absolute atomic E-state index is 0.0769. The molecular weight excluding hydrogens is 436 g/mol. The van der Waals surface area contributed by atoms with E-state index in [0.717, 1.165) is 48.7 Å². The zero-order chi connectivity index (χ0) is 24.2. The van der Waals surface area contributed by atoms with Gasteiger partial charge in [0.2, 0.25) is 5.95 Å². The number of hydrogen-bond donors (Lipinski definition) is 1. The topological polar surface area (TPSA) is 75.9 Å². The summed E-state index contributed by atoms with van der Waals surface area (Å²) in [5, 5.41) is 8.10. The first-order chi connectivity index (χ1) is 17.1. The summed E-state index contributed by atoms with van der Waals surface area (Å²) in [7, 11) is 0. The molecule has 0 atom stereocenters. The Morgan fingerprint density at radius 1 is 0.971 bits per heavy atom. The van der Waals surface area contributed by atoms with E-state index in [-0.39, 0.29) is 11.9 Å². The fourth-order valence-electron chi connectivity index (χ4n) is 4.48. The molecule has 0 saturated carbocycles. The summed E-state index contributed by atoms with van der Waals surface area (Å²) in [6.45, 7) is 6.41. The fourth-order valence-corrected chi connectivity index (χ4v) is 4.48. The maximum absolute atomic E-state index is 13.5. The largest absolute Gasteiger partial charge is 0.349 e. The highest BCUT2D eigenvalue weighted by atomic mass is 16.1. The summed E-state index contributed by atoms with van der Waals surface area (Å²) < 4.78 is 1.87. The van der Waals surface area contributed by atoms with Crippen LogP contribution in [-0.2, 0) is 6.54 Å². The van der Waals surface area contributed by atoms with Crippen LogP contribution in [0.3, 0.4) is 0 Å². The van der Waals surface area contributed by atoms with Crippen LogP contribution in [0.4, 0.5) is 5.95 Å². The smallest absolute Gasteiger partial charge is 0.255 e. The van der Waals surface area contributed by atoms with Crippen molar-refractivity contribution in [1.82, 2.24) is 25.1 Å². The van der Waals surface area contributed by atoms with Crippen LogP contribution >= 0.6 is 0 Å². The van der Waals surface area contributed by atoms with Crippen molar-refractivity contribution in [2.45, 2.75) is 39.3 Å². The van der Waals surface area contributed by atoms with Crippen LogP contribution in [0.25, 0.3) is 11.3 Å². The molecule has 7 heteroatoms. The maximum atomic E-state index is 13.5. The highest BCUT2D eigenvalue weighted by Gasteiger charge is 2.25. The first-order valence-electron chi connectivity index (χ1n) is 12.1. The quantitative estimate of drug-likeness (QED) is 0.456. The van der Waals surface area contributed by atoms with Crippen molar-refractivity contribution in [3.63, 3.8) is 0 Å². The number of rotatable bonds is 6. The van der Waals surface area contributed by atoms with Gasteiger partial charge in [-0.05, 0) is 55.5 Å². The average molecular weight is 467 g/mol. The second-order valence-electron chi connectivity index (χ2n) is 9.16. The third-order valence-corrected chi connectivity index (χ3v) is 6.64. The SMILES string of the molecule is Cc1ccc(-c2nn(Cc3ccccc3)cc2C(=O)NC2CCN(c3ncccn3)CC2)cc1C. The molecule has 1 N–H and O–H groups in total. The van der Waals surface area contributed by atoms with Crippen LogP contribution in [-0.4, -0.2) is 44.8 Å². The highest BCUT2D eigenvalue weighted by Crippen LogP contribution is 2.26. The van der Waals surface area contributed by atoms with E-state index >= 15 is 0 Å². The second kappa shape index (κ2) is 10.1. The maximum Gasteiger partial charge on any atom is 0.255 e. The molecule has 0 spiro atoms. The van der Waals surface area contributed by atoms with Crippen molar-refractivity contribution < 1.29 is 4.79 Å². The Morgan fingerprint density at radius 2 is 1.71 bits per heavy atom. The van der Waals surface area contributed by atoms with Crippen LogP contribution < -0.4 is 10.2 Å². The number of anilines is 1. The molecule has 1 saturated heterocycles. The minimum atomic E-state index is -0.0769. The van der Waals surface area contributed by atoms with Gasteiger partial charge in [0.25, 0.3) is 5.91 Å². The lowest BCUT2D eigenvalue weighted by atomic mass is 10.0. The number of aryl methyl sites for hydroxylation is 2. The van der Waals surface area contributed by atoms with Gasteiger partial charge in [-0.25, -0.2) is 9.97 Å². The summed E-state index contributed by atoms with van der Waals surface area (Å²) >= 11 is 0. The molecule has 0 radical (unpaired) electrons. The molecule has 35 heavy (non-hydrogen) atoms. The molecule has 2 aromatic heterocycles. The highest BCUT2D eigenvalue weighted by molar-refractivity contribution is 6.00. The molecule has 3 heterocycles. The van der Waals surface area contributed by atoms with E-state index in [4.69, 9.17) is 5.10 Å². The Labute approximate surface area is 205 Å². The first kappa shape index (κ1) is 22.8. The lowest BCUT2D eigenvalue weighted by Gasteiger charge is -2.32. The average Bonchev–Trinajstić information content (AvgIpc) is 3.31. The van der Waals surface area contributed by atoms with E-state index < -0.39 is 0 Å². The molecule has 7 nitrogen and oxygen atoms in total. The van der Waals surface area contributed by atoms with Gasteiger partial charge >= 0.3 is 0 Å². The normalized spacial score (nSPS) is 14.2. The predicted octanol–water partition coefficient (Wildman–Crippen LogP) is 4.40. The van der Waals surface area contributed by atoms with Gasteiger partial charge in [-0.1, -0.05) is 42.5 Å². The Kier molecular flexibility index (Phi) is 6.57. The van der Waals surface area contributed by atoms with Crippen LogP contribution in [0.5, 0.6) is 0 Å². The molecule has 0 bridgehead atoms. The molecule has 1 aliphatic heterocycles.